The molecule has 162 valence electrons. The molecule has 2 fully saturated rings. The number of morpholine rings is 1. The van der Waals surface area contributed by atoms with Crippen LogP contribution in [-0.2, 0) is 9.53 Å². The molecule has 9 nitrogen and oxygen atoms in total. The topological polar surface area (TPSA) is 123 Å². The number of amides is 1. The Balaban J connectivity index is 1.51. The van der Waals surface area contributed by atoms with Gasteiger partial charge in [-0.25, -0.2) is 9.97 Å². The quantitative estimate of drug-likeness (QED) is 0.683. The van der Waals surface area contributed by atoms with E-state index >= 15 is 0 Å². The average molecular weight is 422 g/mol. The predicted octanol–water partition coefficient (Wildman–Crippen LogP) is 0.819. The zero-order valence-corrected chi connectivity index (χ0v) is 17.7. The Morgan fingerprint density at radius 1 is 1.10 bits per heavy atom. The molecule has 4 N–H and O–H groups in total. The van der Waals surface area contributed by atoms with Crippen LogP contribution >= 0.6 is 0 Å². The number of hydrogen-bond acceptors (Lipinski definition) is 8. The summed E-state index contributed by atoms with van der Waals surface area (Å²) in [6, 6.07) is 3.54. The molecular formula is C22H27N7O2. The van der Waals surface area contributed by atoms with E-state index in [1.807, 2.05) is 17.9 Å². The van der Waals surface area contributed by atoms with Crippen molar-refractivity contribution in [1.29, 1.82) is 0 Å². The van der Waals surface area contributed by atoms with E-state index < -0.39 is 0 Å². The van der Waals surface area contributed by atoms with Crippen molar-refractivity contribution in [1.82, 2.24) is 19.9 Å². The molecule has 0 bridgehead atoms. The minimum Gasteiger partial charge on any atom is -0.384 e. The number of nitrogen functional groups attached to an aromatic ring is 2. The number of carbonyl (C=O) groups excluding carboxylic acids is 1. The molecule has 31 heavy (non-hydrogen) atoms. The molecule has 1 amide bonds. The Kier molecular flexibility index (Phi) is 6.18. The van der Waals surface area contributed by atoms with Gasteiger partial charge in [-0.15, -0.1) is 0 Å². The first-order valence-corrected chi connectivity index (χ1v) is 10.5. The SMILES string of the molecule is Cc1nc(N)nc(N2CCC(C(=O)N3CCOCC3)CC2)c1C#Cc1ccc(N)nc1. The summed E-state index contributed by atoms with van der Waals surface area (Å²) in [6.45, 7) is 5.91. The van der Waals surface area contributed by atoms with Crippen LogP contribution < -0.4 is 16.4 Å². The van der Waals surface area contributed by atoms with Crippen molar-refractivity contribution in [2.24, 2.45) is 5.92 Å². The highest BCUT2D eigenvalue weighted by Crippen LogP contribution is 2.27. The number of pyridine rings is 1. The zero-order valence-electron chi connectivity index (χ0n) is 17.7. The maximum Gasteiger partial charge on any atom is 0.225 e. The van der Waals surface area contributed by atoms with Crippen LogP contribution in [0.4, 0.5) is 17.6 Å². The van der Waals surface area contributed by atoms with E-state index in [2.05, 4.69) is 31.7 Å². The maximum atomic E-state index is 12.8. The number of rotatable bonds is 2. The lowest BCUT2D eigenvalue weighted by Gasteiger charge is -2.36. The number of anilines is 3. The summed E-state index contributed by atoms with van der Waals surface area (Å²) >= 11 is 0. The van der Waals surface area contributed by atoms with Gasteiger partial charge >= 0.3 is 0 Å². The summed E-state index contributed by atoms with van der Waals surface area (Å²) < 4.78 is 5.36. The van der Waals surface area contributed by atoms with Gasteiger partial charge in [0.1, 0.15) is 11.6 Å². The smallest absolute Gasteiger partial charge is 0.225 e. The van der Waals surface area contributed by atoms with Crippen LogP contribution in [0.3, 0.4) is 0 Å². The number of nitrogens with two attached hydrogens (primary N) is 2. The number of nitrogens with zero attached hydrogens (tertiary/aromatic N) is 5. The Morgan fingerprint density at radius 2 is 1.84 bits per heavy atom. The Bertz CT molecular complexity index is 999. The molecule has 0 aliphatic carbocycles. The van der Waals surface area contributed by atoms with Crippen LogP contribution in [0.1, 0.15) is 29.7 Å². The molecule has 2 saturated heterocycles. The van der Waals surface area contributed by atoms with E-state index in [0.717, 1.165) is 48.6 Å². The van der Waals surface area contributed by atoms with Crippen LogP contribution in [0.15, 0.2) is 18.3 Å². The number of piperidine rings is 1. The fourth-order valence-electron chi connectivity index (χ4n) is 3.95. The third-order valence-electron chi connectivity index (χ3n) is 5.67. The second kappa shape index (κ2) is 9.18. The fourth-order valence-corrected chi connectivity index (χ4v) is 3.95. The van der Waals surface area contributed by atoms with Crippen molar-refractivity contribution in [3.63, 3.8) is 0 Å². The lowest BCUT2D eigenvalue weighted by molar-refractivity contribution is -0.140. The molecule has 4 rings (SSSR count). The van der Waals surface area contributed by atoms with Gasteiger partial charge < -0.3 is 26.0 Å². The Labute approximate surface area is 181 Å². The molecule has 0 radical (unpaired) electrons. The van der Waals surface area contributed by atoms with Crippen molar-refractivity contribution in [3.05, 3.63) is 35.2 Å². The van der Waals surface area contributed by atoms with Crippen LogP contribution in [0, 0.1) is 24.7 Å². The van der Waals surface area contributed by atoms with Gasteiger partial charge in [-0.1, -0.05) is 11.8 Å². The Morgan fingerprint density at radius 3 is 2.52 bits per heavy atom. The minimum atomic E-state index is 0.0324. The predicted molar refractivity (Wildman–Crippen MR) is 118 cm³/mol. The molecule has 0 aromatic carbocycles. The molecule has 0 atom stereocenters. The van der Waals surface area contributed by atoms with Crippen LogP contribution in [0.25, 0.3) is 0 Å². The monoisotopic (exact) mass is 421 g/mol. The largest absolute Gasteiger partial charge is 0.384 e. The van der Waals surface area contributed by atoms with E-state index in [-0.39, 0.29) is 17.8 Å². The lowest BCUT2D eigenvalue weighted by Crippen LogP contribution is -2.47. The van der Waals surface area contributed by atoms with Gasteiger partial charge in [-0.3, -0.25) is 4.79 Å². The molecule has 0 saturated carbocycles. The van der Waals surface area contributed by atoms with Gasteiger partial charge in [0.2, 0.25) is 11.9 Å². The van der Waals surface area contributed by atoms with Crippen molar-refractivity contribution >= 4 is 23.5 Å². The first-order valence-electron chi connectivity index (χ1n) is 10.5. The first-order chi connectivity index (χ1) is 15.0. The van der Waals surface area contributed by atoms with Crippen molar-refractivity contribution in [2.45, 2.75) is 19.8 Å². The molecule has 0 spiro atoms. The van der Waals surface area contributed by atoms with Gasteiger partial charge in [0.15, 0.2) is 0 Å². The molecule has 2 aromatic rings. The highest BCUT2D eigenvalue weighted by atomic mass is 16.5. The molecule has 2 aliphatic heterocycles. The first kappa shape index (κ1) is 20.9. The number of carbonyl (C=O) groups is 1. The van der Waals surface area contributed by atoms with Gasteiger partial charge in [0.25, 0.3) is 0 Å². The van der Waals surface area contributed by atoms with E-state index in [1.165, 1.54) is 0 Å². The standard InChI is InChI=1S/C22H27N7O2/c1-15-18(4-2-16-3-5-19(23)25-14-16)20(27-22(24)26-15)28-8-6-17(7-9-28)21(30)29-10-12-31-13-11-29/h3,5,14,17H,6-13H2,1H3,(H2,23,25)(H2,24,26,27). The second-order valence-electron chi connectivity index (χ2n) is 7.79. The summed E-state index contributed by atoms with van der Waals surface area (Å²) in [4.78, 5) is 29.7. The number of aryl methyl sites for hydroxylation is 1. The van der Waals surface area contributed by atoms with Gasteiger partial charge in [0, 0.05) is 43.9 Å². The molecule has 4 heterocycles. The number of ether oxygens (including phenoxy) is 1. The van der Waals surface area contributed by atoms with Gasteiger partial charge in [-0.2, -0.15) is 4.98 Å². The average Bonchev–Trinajstić information content (AvgIpc) is 2.79. The van der Waals surface area contributed by atoms with Crippen LogP contribution in [0.5, 0.6) is 0 Å². The van der Waals surface area contributed by atoms with Crippen LogP contribution in [-0.4, -0.2) is 65.2 Å². The summed E-state index contributed by atoms with van der Waals surface area (Å²) in [7, 11) is 0. The van der Waals surface area contributed by atoms with Gasteiger partial charge in [0.05, 0.1) is 24.5 Å². The summed E-state index contributed by atoms with van der Waals surface area (Å²) in [5.74, 6) is 7.95. The summed E-state index contributed by atoms with van der Waals surface area (Å²) in [5, 5.41) is 0. The van der Waals surface area contributed by atoms with E-state index in [9.17, 15) is 4.79 Å². The number of hydrogen-bond donors (Lipinski definition) is 2. The van der Waals surface area contributed by atoms with Crippen molar-refractivity contribution < 1.29 is 9.53 Å². The highest BCUT2D eigenvalue weighted by Gasteiger charge is 2.30. The second-order valence-corrected chi connectivity index (χ2v) is 7.79. The van der Waals surface area contributed by atoms with E-state index in [4.69, 9.17) is 16.2 Å². The minimum absolute atomic E-state index is 0.0324. The fraction of sp³-hybridized carbons (Fsp3) is 0.455. The van der Waals surface area contributed by atoms with Crippen molar-refractivity contribution in [3.8, 4) is 11.8 Å². The third kappa shape index (κ3) is 4.86. The van der Waals surface area contributed by atoms with Crippen LogP contribution in [0.2, 0.25) is 0 Å². The van der Waals surface area contributed by atoms with E-state index in [0.29, 0.717) is 32.1 Å². The molecular weight excluding hydrogens is 394 g/mol. The van der Waals surface area contributed by atoms with Gasteiger partial charge in [-0.05, 0) is 31.9 Å². The molecule has 2 aliphatic rings. The number of aromatic nitrogens is 3. The van der Waals surface area contributed by atoms with Crippen molar-refractivity contribution in [2.75, 3.05) is 55.8 Å². The maximum absolute atomic E-state index is 12.8. The summed E-state index contributed by atoms with van der Waals surface area (Å²) in [5.41, 5.74) is 13.8. The normalized spacial score (nSPS) is 17.2. The highest BCUT2D eigenvalue weighted by molar-refractivity contribution is 5.79. The lowest BCUT2D eigenvalue weighted by atomic mass is 9.94. The van der Waals surface area contributed by atoms with E-state index in [1.54, 1.807) is 12.3 Å². The summed E-state index contributed by atoms with van der Waals surface area (Å²) in [6.07, 6.45) is 3.18. The zero-order chi connectivity index (χ0) is 21.8. The molecule has 2 aromatic heterocycles. The Hall–Kier alpha value is -3.38. The molecule has 9 heteroatoms. The molecule has 0 unspecified atom stereocenters. The third-order valence-corrected chi connectivity index (χ3v) is 5.67.